The Morgan fingerprint density at radius 1 is 1.50 bits per heavy atom. The number of rotatable bonds is 2. The summed E-state index contributed by atoms with van der Waals surface area (Å²) in [5.41, 5.74) is 3.36. The number of hydrogen-bond donors (Lipinski definition) is 1. The van der Waals surface area contributed by atoms with Crippen molar-refractivity contribution in [2.24, 2.45) is 10.4 Å². The summed E-state index contributed by atoms with van der Waals surface area (Å²) in [5.74, 6) is 1.14. The lowest BCUT2D eigenvalue weighted by molar-refractivity contribution is 0.436. The van der Waals surface area contributed by atoms with Crippen molar-refractivity contribution < 1.29 is 0 Å². The third-order valence-corrected chi connectivity index (χ3v) is 4.90. The summed E-state index contributed by atoms with van der Waals surface area (Å²) in [6, 6.07) is 0. The minimum atomic E-state index is 0.344. The van der Waals surface area contributed by atoms with Crippen molar-refractivity contribution in [3.8, 4) is 0 Å². The van der Waals surface area contributed by atoms with Gasteiger partial charge < -0.3 is 5.32 Å². The standard InChI is InChI=1S/C11H17N3S2/c1-8-9(16-7-14-8)4-12-10-13-5-11(2,3)6-15-10/h7H,4-6H2,1-3H3,(H,12,13). The summed E-state index contributed by atoms with van der Waals surface area (Å²) >= 11 is 3.52. The molecule has 0 aromatic carbocycles. The van der Waals surface area contributed by atoms with Gasteiger partial charge in [-0.2, -0.15) is 0 Å². The maximum atomic E-state index is 4.56. The Labute approximate surface area is 105 Å². The first-order valence-electron chi connectivity index (χ1n) is 5.37. The summed E-state index contributed by atoms with van der Waals surface area (Å²) in [5, 5.41) is 4.46. The number of thiazole rings is 1. The fourth-order valence-electron chi connectivity index (χ4n) is 1.40. The molecular formula is C11H17N3S2. The molecule has 0 radical (unpaired) electrons. The Morgan fingerprint density at radius 3 is 2.88 bits per heavy atom. The lowest BCUT2D eigenvalue weighted by atomic mass is 9.97. The van der Waals surface area contributed by atoms with Gasteiger partial charge in [-0.3, -0.25) is 4.99 Å². The quantitative estimate of drug-likeness (QED) is 0.883. The van der Waals surface area contributed by atoms with Crippen LogP contribution in [0, 0.1) is 12.3 Å². The molecule has 0 fully saturated rings. The Morgan fingerprint density at radius 2 is 2.31 bits per heavy atom. The first kappa shape index (κ1) is 11.9. The summed E-state index contributed by atoms with van der Waals surface area (Å²) in [4.78, 5) is 10.1. The summed E-state index contributed by atoms with van der Waals surface area (Å²) in [7, 11) is 0. The highest BCUT2D eigenvalue weighted by atomic mass is 32.2. The molecule has 0 aliphatic carbocycles. The molecule has 0 bridgehead atoms. The van der Waals surface area contributed by atoms with Gasteiger partial charge >= 0.3 is 0 Å². The third-order valence-electron chi connectivity index (χ3n) is 2.50. The van der Waals surface area contributed by atoms with Gasteiger partial charge in [0.1, 0.15) is 0 Å². The van der Waals surface area contributed by atoms with Crippen molar-refractivity contribution >= 4 is 28.3 Å². The van der Waals surface area contributed by atoms with Crippen LogP contribution in [0.25, 0.3) is 0 Å². The van der Waals surface area contributed by atoms with Gasteiger partial charge in [0, 0.05) is 17.2 Å². The molecule has 16 heavy (non-hydrogen) atoms. The van der Waals surface area contributed by atoms with Gasteiger partial charge in [0.15, 0.2) is 5.17 Å². The number of thioether (sulfide) groups is 1. The molecule has 0 atom stereocenters. The van der Waals surface area contributed by atoms with Gasteiger partial charge in [0.05, 0.1) is 17.7 Å². The minimum absolute atomic E-state index is 0.344. The highest BCUT2D eigenvalue weighted by Crippen LogP contribution is 2.27. The van der Waals surface area contributed by atoms with E-state index < -0.39 is 0 Å². The number of hydrogen-bond acceptors (Lipinski definition) is 5. The smallest absolute Gasteiger partial charge is 0.156 e. The van der Waals surface area contributed by atoms with E-state index in [1.54, 1.807) is 11.3 Å². The van der Waals surface area contributed by atoms with Crippen LogP contribution in [0.15, 0.2) is 10.5 Å². The normalized spacial score (nSPS) is 19.3. The maximum Gasteiger partial charge on any atom is 0.156 e. The van der Waals surface area contributed by atoms with E-state index in [1.807, 2.05) is 24.2 Å². The Bertz CT molecular complexity index is 396. The van der Waals surface area contributed by atoms with Crippen LogP contribution in [0.2, 0.25) is 0 Å². The second kappa shape index (κ2) is 4.75. The largest absolute Gasteiger partial charge is 0.360 e. The van der Waals surface area contributed by atoms with Crippen molar-refractivity contribution in [3.63, 3.8) is 0 Å². The number of aromatic nitrogens is 1. The number of amidine groups is 1. The third kappa shape index (κ3) is 2.98. The molecule has 3 nitrogen and oxygen atoms in total. The summed E-state index contributed by atoms with van der Waals surface area (Å²) < 4.78 is 0. The topological polar surface area (TPSA) is 37.3 Å². The van der Waals surface area contributed by atoms with E-state index in [4.69, 9.17) is 0 Å². The van der Waals surface area contributed by atoms with Gasteiger partial charge in [-0.1, -0.05) is 25.6 Å². The average molecular weight is 255 g/mol. The van der Waals surface area contributed by atoms with Crippen LogP contribution in [0.5, 0.6) is 0 Å². The average Bonchev–Trinajstić information content (AvgIpc) is 2.63. The van der Waals surface area contributed by atoms with Gasteiger partial charge in [0.25, 0.3) is 0 Å². The SMILES string of the molecule is Cc1ncsc1CNC1=NCC(C)(C)CS1. The van der Waals surface area contributed by atoms with Crippen molar-refractivity contribution in [3.05, 3.63) is 16.1 Å². The number of nitrogens with zero attached hydrogens (tertiary/aromatic N) is 2. The molecule has 0 amide bonds. The zero-order valence-corrected chi connectivity index (χ0v) is 11.5. The first-order chi connectivity index (χ1) is 7.57. The maximum absolute atomic E-state index is 4.56. The van der Waals surface area contributed by atoms with Crippen LogP contribution >= 0.6 is 23.1 Å². The van der Waals surface area contributed by atoms with Crippen molar-refractivity contribution in [2.45, 2.75) is 27.3 Å². The summed E-state index contributed by atoms with van der Waals surface area (Å²) in [6.07, 6.45) is 0. The van der Waals surface area contributed by atoms with E-state index in [0.29, 0.717) is 5.41 Å². The Balaban J connectivity index is 1.88. The first-order valence-corrected chi connectivity index (χ1v) is 7.23. The highest BCUT2D eigenvalue weighted by Gasteiger charge is 2.23. The molecule has 0 spiro atoms. The number of aryl methyl sites for hydroxylation is 1. The zero-order chi connectivity index (χ0) is 11.6. The zero-order valence-electron chi connectivity index (χ0n) is 9.91. The molecule has 0 saturated heterocycles. The molecule has 1 aromatic rings. The van der Waals surface area contributed by atoms with Crippen molar-refractivity contribution in [1.82, 2.24) is 10.3 Å². The van der Waals surface area contributed by atoms with Crippen LogP contribution in [-0.4, -0.2) is 22.4 Å². The molecule has 2 heterocycles. The number of aliphatic imine (C=N–C) groups is 1. The molecule has 1 N–H and O–H groups in total. The van der Waals surface area contributed by atoms with Crippen LogP contribution in [0.1, 0.15) is 24.4 Å². The van der Waals surface area contributed by atoms with E-state index in [1.165, 1.54) is 4.88 Å². The fraction of sp³-hybridized carbons (Fsp3) is 0.636. The number of nitrogens with one attached hydrogen (secondary N) is 1. The Kier molecular flexibility index (Phi) is 3.54. The molecule has 1 aliphatic heterocycles. The van der Waals surface area contributed by atoms with E-state index in [9.17, 15) is 0 Å². The molecule has 0 unspecified atom stereocenters. The predicted molar refractivity (Wildman–Crippen MR) is 72.2 cm³/mol. The van der Waals surface area contributed by atoms with Crippen molar-refractivity contribution in [2.75, 3.05) is 12.3 Å². The molecular weight excluding hydrogens is 238 g/mol. The van der Waals surface area contributed by atoms with E-state index >= 15 is 0 Å². The van der Waals surface area contributed by atoms with Crippen molar-refractivity contribution in [1.29, 1.82) is 0 Å². The van der Waals surface area contributed by atoms with Crippen LogP contribution in [0.4, 0.5) is 0 Å². The van der Waals surface area contributed by atoms with Gasteiger partial charge in [0.2, 0.25) is 0 Å². The predicted octanol–water partition coefficient (Wildman–Crippen LogP) is 2.67. The fourth-order valence-corrected chi connectivity index (χ4v) is 3.07. The lowest BCUT2D eigenvalue weighted by Crippen LogP contribution is -2.30. The van der Waals surface area contributed by atoms with Gasteiger partial charge in [-0.05, 0) is 12.3 Å². The molecule has 1 aliphatic rings. The molecule has 5 heteroatoms. The van der Waals surface area contributed by atoms with E-state index in [2.05, 4.69) is 29.1 Å². The van der Waals surface area contributed by atoms with Gasteiger partial charge in [-0.25, -0.2) is 4.98 Å². The monoisotopic (exact) mass is 255 g/mol. The molecule has 2 rings (SSSR count). The van der Waals surface area contributed by atoms with Crippen LogP contribution < -0.4 is 5.32 Å². The second-order valence-corrected chi connectivity index (χ2v) is 6.69. The van der Waals surface area contributed by atoms with E-state index in [0.717, 1.165) is 29.7 Å². The molecule has 88 valence electrons. The van der Waals surface area contributed by atoms with Crippen LogP contribution in [0.3, 0.4) is 0 Å². The summed E-state index contributed by atoms with van der Waals surface area (Å²) in [6.45, 7) is 8.33. The van der Waals surface area contributed by atoms with E-state index in [-0.39, 0.29) is 0 Å². The molecule has 0 saturated carbocycles. The molecule has 1 aromatic heterocycles. The highest BCUT2D eigenvalue weighted by molar-refractivity contribution is 8.13. The van der Waals surface area contributed by atoms with Gasteiger partial charge in [-0.15, -0.1) is 11.3 Å². The lowest BCUT2D eigenvalue weighted by Gasteiger charge is -2.27. The Hall–Kier alpha value is -0.550. The van der Waals surface area contributed by atoms with Crippen LogP contribution in [-0.2, 0) is 6.54 Å². The second-order valence-electron chi connectivity index (χ2n) is 4.79. The minimum Gasteiger partial charge on any atom is -0.360 e.